The summed E-state index contributed by atoms with van der Waals surface area (Å²) in [5, 5.41) is 28.2. The van der Waals surface area contributed by atoms with E-state index in [0.717, 1.165) is 90.4 Å². The third kappa shape index (κ3) is 14.4. The highest BCUT2D eigenvalue weighted by Crippen LogP contribution is 2.43. The molecule has 1 heterocycles. The molecule has 4 aromatic carbocycles. The molecular formula is C57H70N6O11. The molecule has 4 amide bonds. The summed E-state index contributed by atoms with van der Waals surface area (Å²) in [4.78, 5) is 79.0. The van der Waals surface area contributed by atoms with E-state index in [2.05, 4.69) is 34.3 Å². The van der Waals surface area contributed by atoms with E-state index in [1.54, 1.807) is 48.5 Å². The van der Waals surface area contributed by atoms with Crippen LogP contribution in [0.2, 0.25) is 0 Å². The molecule has 0 bridgehead atoms. The number of likely N-dealkylation sites (N-methyl/N-ethyl adjacent to an activating group) is 4. The van der Waals surface area contributed by atoms with Crippen LogP contribution in [0.15, 0.2) is 97.1 Å². The average Bonchev–Trinajstić information content (AvgIpc) is 4.40. The SMILES string of the molecule is CNC(=O)[C@@](C)(C(=O)CO)N(C)C(=O)c1ccc(C#Cc2ccc(C3(N)CC3)cc2)cc1.CNC(=O)[C@@](C)(C(=O)COC1CCCCO1)N(C)C(=O)c1ccc(C#Cc2ccc(C3(N)CC3)cc2)cc1.CO.CO. The molecular weight excluding hydrogens is 945 g/mol. The smallest absolute Gasteiger partial charge is 0.254 e. The lowest BCUT2D eigenvalue weighted by molar-refractivity contribution is -0.174. The van der Waals surface area contributed by atoms with Crippen molar-refractivity contribution in [2.24, 2.45) is 11.5 Å². The molecule has 0 aromatic heterocycles. The van der Waals surface area contributed by atoms with E-state index in [0.29, 0.717) is 29.7 Å². The number of ketones is 2. The lowest BCUT2D eigenvalue weighted by Gasteiger charge is -2.36. The van der Waals surface area contributed by atoms with E-state index < -0.39 is 59.2 Å². The minimum Gasteiger partial charge on any atom is -0.400 e. The van der Waals surface area contributed by atoms with Crippen LogP contribution in [0.25, 0.3) is 0 Å². The number of rotatable bonds is 14. The molecule has 17 nitrogen and oxygen atoms in total. The van der Waals surface area contributed by atoms with E-state index >= 15 is 0 Å². The lowest BCUT2D eigenvalue weighted by Crippen LogP contribution is -2.62. The first-order valence-electron chi connectivity index (χ1n) is 24.2. The number of hydrogen-bond acceptors (Lipinski definition) is 13. The molecule has 1 aliphatic heterocycles. The molecule has 1 unspecified atom stereocenters. The van der Waals surface area contributed by atoms with Gasteiger partial charge < -0.3 is 56.7 Å². The molecule has 9 N–H and O–H groups in total. The Morgan fingerprint density at radius 3 is 1.24 bits per heavy atom. The van der Waals surface area contributed by atoms with Gasteiger partial charge in [-0.15, -0.1) is 0 Å². The van der Waals surface area contributed by atoms with Crippen LogP contribution in [-0.2, 0) is 39.7 Å². The van der Waals surface area contributed by atoms with Crippen molar-refractivity contribution in [2.75, 3.05) is 62.2 Å². The molecule has 394 valence electrons. The van der Waals surface area contributed by atoms with Crippen LogP contribution in [0.5, 0.6) is 0 Å². The fourth-order valence-electron chi connectivity index (χ4n) is 7.82. The van der Waals surface area contributed by atoms with Gasteiger partial charge in [0.1, 0.15) is 13.2 Å². The van der Waals surface area contributed by atoms with Gasteiger partial charge in [-0.25, -0.2) is 0 Å². The summed E-state index contributed by atoms with van der Waals surface area (Å²) in [6, 6.07) is 29.2. The summed E-state index contributed by atoms with van der Waals surface area (Å²) >= 11 is 0. The second-order valence-electron chi connectivity index (χ2n) is 18.3. The number of carbonyl (C=O) groups is 6. The number of amides is 4. The van der Waals surface area contributed by atoms with Crippen molar-refractivity contribution in [1.82, 2.24) is 20.4 Å². The van der Waals surface area contributed by atoms with Crippen LogP contribution >= 0.6 is 0 Å². The van der Waals surface area contributed by atoms with Crippen molar-refractivity contribution >= 4 is 35.2 Å². The van der Waals surface area contributed by atoms with Gasteiger partial charge in [0.2, 0.25) is 0 Å². The Morgan fingerprint density at radius 2 is 0.946 bits per heavy atom. The molecule has 3 aliphatic rings. The van der Waals surface area contributed by atoms with E-state index in [1.807, 2.05) is 48.5 Å². The number of Topliss-reactive ketones (excluding diaryl/α,β-unsaturated/α-hetero) is 2. The topological polar surface area (TPSA) is 264 Å². The summed E-state index contributed by atoms with van der Waals surface area (Å²) in [5.41, 5.74) is 14.6. The monoisotopic (exact) mass is 1010 g/mol. The summed E-state index contributed by atoms with van der Waals surface area (Å²) in [5.74, 6) is 8.80. The van der Waals surface area contributed by atoms with Gasteiger partial charge in [0.25, 0.3) is 23.6 Å². The highest BCUT2D eigenvalue weighted by atomic mass is 16.7. The molecule has 0 radical (unpaired) electrons. The molecule has 2 saturated carbocycles. The predicted octanol–water partition coefficient (Wildman–Crippen LogP) is 3.11. The van der Waals surface area contributed by atoms with E-state index in [1.165, 1.54) is 42.0 Å². The number of carbonyl (C=O) groups excluding carboxylic acids is 6. The van der Waals surface area contributed by atoms with Gasteiger partial charge in [-0.1, -0.05) is 47.9 Å². The zero-order valence-electron chi connectivity index (χ0n) is 43.5. The molecule has 7 rings (SSSR count). The number of nitrogens with zero attached hydrogens (tertiary/aromatic N) is 2. The van der Waals surface area contributed by atoms with Crippen LogP contribution in [-0.4, -0.2) is 140 Å². The molecule has 4 aromatic rings. The van der Waals surface area contributed by atoms with E-state index in [4.69, 9.17) is 31.2 Å². The molecule has 74 heavy (non-hydrogen) atoms. The highest BCUT2D eigenvalue weighted by Gasteiger charge is 2.48. The highest BCUT2D eigenvalue weighted by molar-refractivity contribution is 6.15. The minimum absolute atomic E-state index is 0.169. The van der Waals surface area contributed by atoms with Gasteiger partial charge in [-0.05, 0) is 143 Å². The molecule has 1 saturated heterocycles. The fraction of sp³-hybridized carbons (Fsp3) is 0.404. The largest absolute Gasteiger partial charge is 0.400 e. The normalized spacial score (nSPS) is 16.8. The van der Waals surface area contributed by atoms with Gasteiger partial charge in [0, 0.05) is 93.5 Å². The van der Waals surface area contributed by atoms with Crippen LogP contribution in [0.1, 0.15) is 113 Å². The Bertz CT molecular complexity index is 2690. The zero-order valence-corrected chi connectivity index (χ0v) is 43.5. The number of nitrogens with one attached hydrogen (secondary N) is 2. The maximum Gasteiger partial charge on any atom is 0.254 e. The molecule has 3 fully saturated rings. The van der Waals surface area contributed by atoms with Gasteiger partial charge in [0.15, 0.2) is 28.9 Å². The molecule has 3 atom stereocenters. The zero-order chi connectivity index (χ0) is 54.9. The molecule has 2 aliphatic carbocycles. The lowest BCUT2D eigenvalue weighted by atomic mass is 9.92. The first-order chi connectivity index (χ1) is 35.3. The van der Waals surface area contributed by atoms with Crippen LogP contribution in [0, 0.1) is 23.7 Å². The first-order valence-corrected chi connectivity index (χ1v) is 24.2. The number of hydrogen-bond donors (Lipinski definition) is 7. The van der Waals surface area contributed by atoms with Crippen LogP contribution in [0.3, 0.4) is 0 Å². The summed E-state index contributed by atoms with van der Waals surface area (Å²) in [7, 11) is 7.59. The second-order valence-corrected chi connectivity index (χ2v) is 18.3. The first kappa shape index (κ1) is 59.5. The number of aliphatic hydroxyl groups excluding tert-OH is 3. The van der Waals surface area contributed by atoms with Crippen molar-refractivity contribution < 1.29 is 53.6 Å². The Labute approximate surface area is 434 Å². The fourth-order valence-corrected chi connectivity index (χ4v) is 7.82. The third-order valence-corrected chi connectivity index (χ3v) is 13.5. The Balaban J connectivity index is 0.000000304. The van der Waals surface area contributed by atoms with Gasteiger partial charge in [0.05, 0.1) is 0 Å². The van der Waals surface area contributed by atoms with E-state index in [-0.39, 0.29) is 17.7 Å². The van der Waals surface area contributed by atoms with Crippen molar-refractivity contribution in [2.45, 2.75) is 87.2 Å². The Morgan fingerprint density at radius 1 is 0.608 bits per heavy atom. The van der Waals surface area contributed by atoms with Gasteiger partial charge in [-0.3, -0.25) is 28.8 Å². The van der Waals surface area contributed by atoms with E-state index in [9.17, 15) is 33.9 Å². The van der Waals surface area contributed by atoms with Crippen LogP contribution in [0.4, 0.5) is 0 Å². The minimum atomic E-state index is -1.83. The Hall–Kier alpha value is -7.06. The molecule has 17 heteroatoms. The standard InChI is InChI=1S/C30H35N3O5.C25H27N3O4.2CH4O/c1-29(28(36)32-2,25(34)20-38-26-6-4-5-19-37-26)33(3)27(35)23-13-9-21(10-14-23)7-8-22-11-15-24(16-12-22)30(31)17-18-30;1-24(21(30)16-29,23(32)27-2)28(3)22(31)19-10-6-17(7-11-19)4-5-18-8-12-20(13-9-18)25(26)14-15-25;2*1-2/h9-16,26H,4-6,17-20,31H2,1-3H3,(H,32,36);6-13,29H,14-16,26H2,1-3H3,(H,27,32);2*2H,1H3/t26?,29-;24-;;/m11../s1. The third-order valence-electron chi connectivity index (χ3n) is 13.5. The van der Waals surface area contributed by atoms with Gasteiger partial charge >= 0.3 is 0 Å². The van der Waals surface area contributed by atoms with Crippen molar-refractivity contribution in [3.63, 3.8) is 0 Å². The predicted molar refractivity (Wildman–Crippen MR) is 280 cm³/mol. The quantitative estimate of drug-likeness (QED) is 0.0709. The number of aliphatic hydroxyl groups is 3. The number of benzene rings is 4. The summed E-state index contributed by atoms with van der Waals surface area (Å²) in [6.45, 7) is 2.12. The maximum atomic E-state index is 13.3. The van der Waals surface area contributed by atoms with Crippen molar-refractivity contribution in [3.05, 3.63) is 142 Å². The van der Waals surface area contributed by atoms with Crippen LogP contribution < -0.4 is 22.1 Å². The van der Waals surface area contributed by atoms with Crippen molar-refractivity contribution in [1.29, 1.82) is 0 Å². The molecule has 0 spiro atoms. The second kappa shape index (κ2) is 26.8. The van der Waals surface area contributed by atoms with Crippen molar-refractivity contribution in [3.8, 4) is 23.7 Å². The van der Waals surface area contributed by atoms with Gasteiger partial charge in [-0.2, -0.15) is 0 Å². The Kier molecular flexibility index (Phi) is 21.5. The number of nitrogens with two attached hydrogens (primary N) is 2. The summed E-state index contributed by atoms with van der Waals surface area (Å²) < 4.78 is 11.1. The maximum absolute atomic E-state index is 13.3. The summed E-state index contributed by atoms with van der Waals surface area (Å²) in [6.07, 6.45) is 6.15. The number of ether oxygens (including phenoxy) is 2. The average molecular weight is 1020 g/mol.